The molecule has 50 valence electrons. The van der Waals surface area contributed by atoms with Crippen LogP contribution in [0.25, 0.3) is 0 Å². The van der Waals surface area contributed by atoms with Gasteiger partial charge in [-0.1, -0.05) is 19.6 Å². The van der Waals surface area contributed by atoms with Crippen LogP contribution in [0.15, 0.2) is 29.3 Å². The third-order valence-corrected chi connectivity index (χ3v) is 1.11. The van der Waals surface area contributed by atoms with Gasteiger partial charge in [-0.2, -0.15) is 0 Å². The van der Waals surface area contributed by atoms with Gasteiger partial charge >= 0.3 is 0 Å². The highest BCUT2D eigenvalue weighted by atomic mass is 14.6. The van der Waals surface area contributed by atoms with Gasteiger partial charge in [-0.05, 0) is 18.1 Å². The highest BCUT2D eigenvalue weighted by Gasteiger charge is 1.80. The summed E-state index contributed by atoms with van der Waals surface area (Å²) in [7, 11) is 1.76. The van der Waals surface area contributed by atoms with E-state index < -0.39 is 0 Å². The molecule has 0 aromatic rings. The molecule has 0 spiro atoms. The molecule has 0 fully saturated rings. The second kappa shape index (κ2) is 5.29. The van der Waals surface area contributed by atoms with Gasteiger partial charge in [0.1, 0.15) is 0 Å². The molecule has 0 aromatic heterocycles. The van der Waals surface area contributed by atoms with E-state index in [2.05, 4.69) is 18.5 Å². The first-order valence-electron chi connectivity index (χ1n) is 3.09. The number of aliphatic imine (C=N–C) groups is 1. The average Bonchev–Trinajstić information content (AvgIpc) is 1.91. The maximum absolute atomic E-state index is 3.82. The second-order valence-corrected chi connectivity index (χ2v) is 1.71. The summed E-state index contributed by atoms with van der Waals surface area (Å²) in [6.07, 6.45) is 6.62. The first-order valence-corrected chi connectivity index (χ1v) is 3.09. The smallest absolute Gasteiger partial charge is 0.0277 e. The van der Waals surface area contributed by atoms with Crippen LogP contribution < -0.4 is 0 Å². The van der Waals surface area contributed by atoms with Crippen molar-refractivity contribution in [3.05, 3.63) is 24.3 Å². The minimum Gasteiger partial charge on any atom is -0.297 e. The number of nitrogens with zero attached hydrogens (tertiary/aromatic N) is 1. The lowest BCUT2D eigenvalue weighted by atomic mass is 10.2. The van der Waals surface area contributed by atoms with Gasteiger partial charge < -0.3 is 0 Å². The maximum atomic E-state index is 3.82. The van der Waals surface area contributed by atoms with Crippen LogP contribution >= 0.6 is 0 Å². The fraction of sp³-hybridized carbons (Fsp3) is 0.375. The van der Waals surface area contributed by atoms with Crippen LogP contribution in [-0.4, -0.2) is 13.3 Å². The predicted octanol–water partition coefficient (Wildman–Crippen LogP) is 2.21. The van der Waals surface area contributed by atoms with Crippen molar-refractivity contribution in [2.45, 2.75) is 13.3 Å². The molecule has 0 rings (SSSR count). The van der Waals surface area contributed by atoms with Crippen LogP contribution in [0, 0.1) is 0 Å². The van der Waals surface area contributed by atoms with Gasteiger partial charge in [-0.3, -0.25) is 4.99 Å². The van der Waals surface area contributed by atoms with Gasteiger partial charge in [0.2, 0.25) is 0 Å². The van der Waals surface area contributed by atoms with E-state index in [1.165, 1.54) is 5.57 Å². The Morgan fingerprint density at radius 3 is 2.67 bits per heavy atom. The molecule has 0 aliphatic heterocycles. The van der Waals surface area contributed by atoms with E-state index in [1.54, 1.807) is 13.3 Å². The average molecular weight is 123 g/mol. The minimum atomic E-state index is 1.02. The Morgan fingerprint density at radius 2 is 2.33 bits per heavy atom. The van der Waals surface area contributed by atoms with Gasteiger partial charge in [0, 0.05) is 13.3 Å². The molecule has 1 nitrogen and oxygen atoms in total. The van der Waals surface area contributed by atoms with E-state index in [4.69, 9.17) is 0 Å². The summed E-state index contributed by atoms with van der Waals surface area (Å²) in [5, 5.41) is 0. The molecule has 1 heteroatoms. The fourth-order valence-corrected chi connectivity index (χ4v) is 0.501. The van der Waals surface area contributed by atoms with E-state index in [-0.39, 0.29) is 0 Å². The zero-order valence-corrected chi connectivity index (χ0v) is 6.09. The summed E-state index contributed by atoms with van der Waals surface area (Å²) in [4.78, 5) is 3.82. The molecule has 0 atom stereocenters. The van der Waals surface area contributed by atoms with Crippen LogP contribution in [0.2, 0.25) is 0 Å². The van der Waals surface area contributed by atoms with Crippen molar-refractivity contribution in [3.63, 3.8) is 0 Å². The molecule has 0 amide bonds. The summed E-state index contributed by atoms with van der Waals surface area (Å²) >= 11 is 0. The molecule has 0 aromatic carbocycles. The maximum Gasteiger partial charge on any atom is 0.0277 e. The third-order valence-electron chi connectivity index (χ3n) is 1.11. The molecule has 9 heavy (non-hydrogen) atoms. The van der Waals surface area contributed by atoms with Gasteiger partial charge in [0.25, 0.3) is 0 Å². The van der Waals surface area contributed by atoms with Gasteiger partial charge in [-0.25, -0.2) is 0 Å². The van der Waals surface area contributed by atoms with Crippen molar-refractivity contribution in [2.24, 2.45) is 4.99 Å². The SMILES string of the molecule is C=C/C(=C\C=NC)CC. The molecule has 0 unspecified atom stereocenters. The molecule has 0 saturated carbocycles. The Labute approximate surface area is 56.8 Å². The normalized spacial score (nSPS) is 12.4. The molecular formula is C8H13N. The summed E-state index contributed by atoms with van der Waals surface area (Å²) in [5.41, 5.74) is 1.22. The molecule has 0 aliphatic rings. The fourth-order valence-electron chi connectivity index (χ4n) is 0.501. The topological polar surface area (TPSA) is 12.4 Å². The highest BCUT2D eigenvalue weighted by molar-refractivity contribution is 5.72. The minimum absolute atomic E-state index is 1.02. The lowest BCUT2D eigenvalue weighted by Gasteiger charge is -1.89. The molecule has 0 aliphatic carbocycles. The number of hydrogen-bond donors (Lipinski definition) is 0. The van der Waals surface area contributed by atoms with Crippen molar-refractivity contribution >= 4 is 6.21 Å². The van der Waals surface area contributed by atoms with E-state index >= 15 is 0 Å². The summed E-state index contributed by atoms with van der Waals surface area (Å²) < 4.78 is 0. The number of rotatable bonds is 3. The number of allylic oxidation sites excluding steroid dienone is 3. The van der Waals surface area contributed by atoms with Crippen molar-refractivity contribution in [3.8, 4) is 0 Å². The highest BCUT2D eigenvalue weighted by Crippen LogP contribution is 1.98. The monoisotopic (exact) mass is 123 g/mol. The Morgan fingerprint density at radius 1 is 1.67 bits per heavy atom. The van der Waals surface area contributed by atoms with Crippen molar-refractivity contribution < 1.29 is 0 Å². The largest absolute Gasteiger partial charge is 0.297 e. The first-order chi connectivity index (χ1) is 4.35. The van der Waals surface area contributed by atoms with Crippen molar-refractivity contribution in [1.29, 1.82) is 0 Å². The summed E-state index contributed by atoms with van der Waals surface area (Å²) in [6.45, 7) is 5.75. The van der Waals surface area contributed by atoms with E-state index in [1.807, 2.05) is 12.2 Å². The van der Waals surface area contributed by atoms with Crippen LogP contribution in [-0.2, 0) is 0 Å². The van der Waals surface area contributed by atoms with Crippen molar-refractivity contribution in [1.82, 2.24) is 0 Å². The van der Waals surface area contributed by atoms with Gasteiger partial charge in [0.05, 0.1) is 0 Å². The summed E-state index contributed by atoms with van der Waals surface area (Å²) in [5.74, 6) is 0. The van der Waals surface area contributed by atoms with Crippen molar-refractivity contribution in [2.75, 3.05) is 7.05 Å². The Balaban J connectivity index is 3.90. The molecule has 0 N–H and O–H groups in total. The second-order valence-electron chi connectivity index (χ2n) is 1.71. The van der Waals surface area contributed by atoms with E-state index in [9.17, 15) is 0 Å². The molecule has 0 bridgehead atoms. The van der Waals surface area contributed by atoms with Crippen LogP contribution in [0.1, 0.15) is 13.3 Å². The first kappa shape index (κ1) is 8.15. The van der Waals surface area contributed by atoms with E-state index in [0.717, 1.165) is 6.42 Å². The number of hydrogen-bond acceptors (Lipinski definition) is 1. The lowest BCUT2D eigenvalue weighted by Crippen LogP contribution is -1.73. The van der Waals surface area contributed by atoms with Gasteiger partial charge in [-0.15, -0.1) is 0 Å². The predicted molar refractivity (Wildman–Crippen MR) is 43.0 cm³/mol. The van der Waals surface area contributed by atoms with Crippen LogP contribution in [0.3, 0.4) is 0 Å². The quantitative estimate of drug-likeness (QED) is 0.403. The zero-order valence-electron chi connectivity index (χ0n) is 6.09. The molecule has 0 heterocycles. The Bertz CT molecular complexity index is 132. The third kappa shape index (κ3) is 3.71. The standard InChI is InChI=1S/C8H13N/c1-4-8(5-2)6-7-9-3/h4,6-7H,1,5H2,2-3H3/b8-6+,9-7?. The summed E-state index contributed by atoms with van der Waals surface area (Å²) in [6, 6.07) is 0. The lowest BCUT2D eigenvalue weighted by molar-refractivity contribution is 1.15. The Hall–Kier alpha value is -0.850. The molecule has 0 saturated heterocycles. The molecular weight excluding hydrogens is 110 g/mol. The molecule has 0 radical (unpaired) electrons. The van der Waals surface area contributed by atoms with Crippen LogP contribution in [0.5, 0.6) is 0 Å². The van der Waals surface area contributed by atoms with Gasteiger partial charge in [0.15, 0.2) is 0 Å². The Kier molecular flexibility index (Phi) is 4.79. The zero-order chi connectivity index (χ0) is 7.11. The van der Waals surface area contributed by atoms with Crippen LogP contribution in [0.4, 0.5) is 0 Å². The van der Waals surface area contributed by atoms with E-state index in [0.29, 0.717) is 0 Å².